The molecular weight excluding hydrogens is 350 g/mol. The Bertz CT molecular complexity index is 801. The average molecular weight is 375 g/mol. The lowest BCUT2D eigenvalue weighted by molar-refractivity contribution is 0.228. The van der Waals surface area contributed by atoms with Crippen LogP contribution in [0.15, 0.2) is 71.6 Å². The number of hydrogen-bond donors (Lipinski definition) is 2. The van der Waals surface area contributed by atoms with Crippen LogP contribution in [0, 0.1) is 6.92 Å². The Morgan fingerprint density at radius 3 is 2.35 bits per heavy atom. The van der Waals surface area contributed by atoms with Crippen LogP contribution < -0.4 is 0 Å². The van der Waals surface area contributed by atoms with E-state index >= 15 is 0 Å². The van der Waals surface area contributed by atoms with Gasteiger partial charge in [-0.2, -0.15) is 4.31 Å². The lowest BCUT2D eigenvalue weighted by Crippen LogP contribution is -2.32. The van der Waals surface area contributed by atoms with E-state index in [-0.39, 0.29) is 24.6 Å². The van der Waals surface area contributed by atoms with Crippen LogP contribution in [0.25, 0.3) is 0 Å². The van der Waals surface area contributed by atoms with Crippen molar-refractivity contribution in [2.75, 3.05) is 19.7 Å². The number of aliphatic hydroxyl groups is 2. The lowest BCUT2D eigenvalue weighted by atomic mass is 10.1. The largest absolute Gasteiger partial charge is 0.396 e. The summed E-state index contributed by atoms with van der Waals surface area (Å²) in [5.41, 5.74) is 1.73. The van der Waals surface area contributed by atoms with E-state index in [0.29, 0.717) is 6.42 Å². The highest BCUT2D eigenvalue weighted by Gasteiger charge is 2.23. The van der Waals surface area contributed by atoms with Crippen molar-refractivity contribution in [3.8, 4) is 0 Å². The number of hydrogen-bond acceptors (Lipinski definition) is 4. The van der Waals surface area contributed by atoms with Gasteiger partial charge in [-0.1, -0.05) is 60.2 Å². The Kier molecular flexibility index (Phi) is 7.53. The fraction of sp³-hybridized carbons (Fsp3) is 0.300. The highest BCUT2D eigenvalue weighted by Crippen LogP contribution is 2.18. The van der Waals surface area contributed by atoms with Crippen molar-refractivity contribution in [1.82, 2.24) is 4.31 Å². The fourth-order valence-corrected chi connectivity index (χ4v) is 3.91. The van der Waals surface area contributed by atoms with Gasteiger partial charge in [-0.25, -0.2) is 8.42 Å². The number of benzene rings is 2. The van der Waals surface area contributed by atoms with E-state index in [9.17, 15) is 13.5 Å². The molecule has 6 heteroatoms. The van der Waals surface area contributed by atoms with Gasteiger partial charge < -0.3 is 10.2 Å². The van der Waals surface area contributed by atoms with E-state index in [4.69, 9.17) is 5.11 Å². The summed E-state index contributed by atoms with van der Waals surface area (Å²) in [6.07, 6.45) is 2.77. The minimum Gasteiger partial charge on any atom is -0.396 e. The molecule has 0 aliphatic rings. The molecule has 2 aromatic carbocycles. The van der Waals surface area contributed by atoms with Crippen molar-refractivity contribution in [1.29, 1.82) is 0 Å². The van der Waals surface area contributed by atoms with Gasteiger partial charge >= 0.3 is 0 Å². The van der Waals surface area contributed by atoms with E-state index in [2.05, 4.69) is 0 Å². The summed E-state index contributed by atoms with van der Waals surface area (Å²) in [6, 6.07) is 15.8. The summed E-state index contributed by atoms with van der Waals surface area (Å²) in [5.74, 6) is 0. The van der Waals surface area contributed by atoms with Gasteiger partial charge in [0.1, 0.15) is 0 Å². The van der Waals surface area contributed by atoms with Crippen LogP contribution in [0.5, 0.6) is 0 Å². The first-order chi connectivity index (χ1) is 12.4. The van der Waals surface area contributed by atoms with Crippen LogP contribution in [-0.2, 0) is 10.0 Å². The van der Waals surface area contributed by atoms with Crippen molar-refractivity contribution in [3.63, 3.8) is 0 Å². The number of nitrogens with zero attached hydrogens (tertiary/aromatic N) is 1. The minimum atomic E-state index is -3.66. The number of sulfonamides is 1. The minimum absolute atomic E-state index is 0.0870. The third-order valence-electron chi connectivity index (χ3n) is 3.99. The molecule has 2 N–H and O–H groups in total. The zero-order valence-electron chi connectivity index (χ0n) is 14.8. The maximum atomic E-state index is 12.8. The second-order valence-corrected chi connectivity index (χ2v) is 7.97. The molecule has 0 aliphatic heterocycles. The molecule has 5 nitrogen and oxygen atoms in total. The Morgan fingerprint density at radius 1 is 1.08 bits per heavy atom. The standard InChI is InChI=1S/C20H25NO4S/c1-17-10-12-19(13-11-17)26(24,25)21(15-6-16-22)14-5-9-20(23)18-7-3-2-4-8-18/h2-5,7-13,20,22-23H,6,14-16H2,1H3. The van der Waals surface area contributed by atoms with E-state index in [1.807, 2.05) is 37.3 Å². The van der Waals surface area contributed by atoms with Gasteiger partial charge in [-0.05, 0) is 31.0 Å². The van der Waals surface area contributed by atoms with E-state index in [0.717, 1.165) is 11.1 Å². The van der Waals surface area contributed by atoms with Gasteiger partial charge in [0.05, 0.1) is 11.0 Å². The molecule has 0 aromatic heterocycles. The predicted octanol–water partition coefficient (Wildman–Crippen LogP) is 2.66. The smallest absolute Gasteiger partial charge is 0.243 e. The summed E-state index contributed by atoms with van der Waals surface area (Å²) < 4.78 is 27.0. The van der Waals surface area contributed by atoms with Crippen molar-refractivity contribution < 1.29 is 18.6 Å². The third kappa shape index (κ3) is 5.51. The van der Waals surface area contributed by atoms with Gasteiger partial charge in [0.25, 0.3) is 0 Å². The molecule has 1 unspecified atom stereocenters. The van der Waals surface area contributed by atoms with E-state index < -0.39 is 16.1 Å². The van der Waals surface area contributed by atoms with Crippen LogP contribution in [0.2, 0.25) is 0 Å². The quantitative estimate of drug-likeness (QED) is 0.661. The monoisotopic (exact) mass is 375 g/mol. The second kappa shape index (κ2) is 9.64. The summed E-state index contributed by atoms with van der Waals surface area (Å²) in [7, 11) is -3.66. The Morgan fingerprint density at radius 2 is 1.73 bits per heavy atom. The molecule has 0 saturated carbocycles. The SMILES string of the molecule is Cc1ccc(S(=O)(=O)N(CC=CC(O)c2ccccc2)CCCO)cc1. The highest BCUT2D eigenvalue weighted by atomic mass is 32.2. The molecule has 1 atom stereocenters. The lowest BCUT2D eigenvalue weighted by Gasteiger charge is -2.20. The first-order valence-corrected chi connectivity index (χ1v) is 9.96. The molecule has 0 spiro atoms. The normalized spacial score (nSPS) is 13.4. The molecule has 0 amide bonds. The zero-order chi connectivity index (χ0) is 19.0. The van der Waals surface area contributed by atoms with Gasteiger partial charge in [0.2, 0.25) is 10.0 Å². The summed E-state index contributed by atoms with van der Waals surface area (Å²) in [5, 5.41) is 19.2. The van der Waals surface area contributed by atoms with Gasteiger partial charge in [-0.15, -0.1) is 0 Å². The van der Waals surface area contributed by atoms with E-state index in [1.165, 1.54) is 4.31 Å². The van der Waals surface area contributed by atoms with Crippen LogP contribution >= 0.6 is 0 Å². The Balaban J connectivity index is 2.13. The Hall–Kier alpha value is -1.99. The summed E-state index contributed by atoms with van der Waals surface area (Å²) >= 11 is 0. The molecule has 2 rings (SSSR count). The third-order valence-corrected chi connectivity index (χ3v) is 5.87. The van der Waals surface area contributed by atoms with Crippen LogP contribution in [0.4, 0.5) is 0 Å². The molecule has 0 heterocycles. The molecule has 0 saturated heterocycles. The van der Waals surface area contributed by atoms with Gasteiger partial charge in [-0.3, -0.25) is 0 Å². The molecular formula is C20H25NO4S. The molecule has 2 aromatic rings. The first kappa shape index (κ1) is 20.3. The average Bonchev–Trinajstić information content (AvgIpc) is 2.65. The number of rotatable bonds is 9. The molecule has 26 heavy (non-hydrogen) atoms. The molecule has 0 aliphatic carbocycles. The molecule has 0 radical (unpaired) electrons. The maximum Gasteiger partial charge on any atom is 0.243 e. The Labute approximate surface area is 155 Å². The molecule has 140 valence electrons. The van der Waals surface area contributed by atoms with Crippen LogP contribution in [0.1, 0.15) is 23.7 Å². The van der Waals surface area contributed by atoms with Crippen LogP contribution in [-0.4, -0.2) is 42.6 Å². The molecule has 0 bridgehead atoms. The highest BCUT2D eigenvalue weighted by molar-refractivity contribution is 7.89. The summed E-state index contributed by atoms with van der Waals surface area (Å²) in [6.45, 7) is 2.14. The van der Waals surface area contributed by atoms with Crippen molar-refractivity contribution in [2.45, 2.75) is 24.3 Å². The number of aryl methyl sites for hydroxylation is 1. The topological polar surface area (TPSA) is 77.8 Å². The first-order valence-electron chi connectivity index (χ1n) is 8.52. The van der Waals surface area contributed by atoms with Gasteiger partial charge in [0, 0.05) is 19.7 Å². The fourth-order valence-electron chi connectivity index (χ4n) is 2.48. The summed E-state index contributed by atoms with van der Waals surface area (Å²) in [4.78, 5) is 0.220. The van der Waals surface area contributed by atoms with Crippen LogP contribution in [0.3, 0.4) is 0 Å². The molecule has 0 fully saturated rings. The number of aliphatic hydroxyl groups excluding tert-OH is 2. The predicted molar refractivity (Wildman–Crippen MR) is 102 cm³/mol. The van der Waals surface area contributed by atoms with Gasteiger partial charge in [0.15, 0.2) is 0 Å². The maximum absolute atomic E-state index is 12.8. The van der Waals surface area contributed by atoms with Crippen molar-refractivity contribution in [2.24, 2.45) is 0 Å². The van der Waals surface area contributed by atoms with E-state index in [1.54, 1.807) is 36.4 Å². The zero-order valence-corrected chi connectivity index (χ0v) is 15.6. The second-order valence-electron chi connectivity index (χ2n) is 6.04. The van der Waals surface area contributed by atoms with Crippen molar-refractivity contribution >= 4 is 10.0 Å². The van der Waals surface area contributed by atoms with Crippen molar-refractivity contribution in [3.05, 3.63) is 77.9 Å².